The van der Waals surface area contributed by atoms with Gasteiger partial charge in [-0.15, -0.1) is 0 Å². The van der Waals surface area contributed by atoms with Crippen LogP contribution in [0, 0.1) is 5.82 Å². The number of nitrogens with two attached hydrogens (primary N) is 1. The summed E-state index contributed by atoms with van der Waals surface area (Å²) >= 11 is 0. The van der Waals surface area contributed by atoms with Crippen LogP contribution in [0.5, 0.6) is 0 Å². The minimum absolute atomic E-state index is 0.369. The van der Waals surface area contributed by atoms with Gasteiger partial charge in [0, 0.05) is 80.3 Å². The number of nitrogens with zero attached hydrogens (tertiary/aromatic N) is 6. The summed E-state index contributed by atoms with van der Waals surface area (Å²) < 4.78 is 14.6. The number of allylic oxidation sites excluding steroid dienone is 1. The molecule has 0 radical (unpaired) electrons. The molecule has 0 bridgehead atoms. The average Bonchev–Trinajstić information content (AvgIpc) is 3.58. The molecule has 0 atom stereocenters. The van der Waals surface area contributed by atoms with Gasteiger partial charge in [-0.25, -0.2) is 14.4 Å². The average molecular weight is 420 g/mol. The van der Waals surface area contributed by atoms with Crippen LogP contribution in [-0.4, -0.2) is 70.5 Å². The van der Waals surface area contributed by atoms with Crippen LogP contribution < -0.4 is 10.6 Å². The normalized spacial score (nSPS) is 18.4. The summed E-state index contributed by atoms with van der Waals surface area (Å²) in [6.45, 7) is 4.02. The lowest BCUT2D eigenvalue weighted by atomic mass is 10.0. The summed E-state index contributed by atoms with van der Waals surface area (Å²) in [6.07, 6.45) is 7.11. The molecule has 31 heavy (non-hydrogen) atoms. The van der Waals surface area contributed by atoms with E-state index >= 15 is 0 Å². The minimum atomic E-state index is -0.392. The number of hydrogen-bond acceptors (Lipinski definition) is 7. The van der Waals surface area contributed by atoms with Gasteiger partial charge in [-0.05, 0) is 18.9 Å². The second kappa shape index (κ2) is 8.07. The number of benzene rings is 1. The Balaban J connectivity index is 1.47. The molecule has 160 valence electrons. The van der Waals surface area contributed by atoms with Crippen LogP contribution >= 0.6 is 0 Å². The summed E-state index contributed by atoms with van der Waals surface area (Å²) in [5.41, 5.74) is 8.51. The molecule has 3 N–H and O–H groups in total. The van der Waals surface area contributed by atoms with Crippen molar-refractivity contribution in [3.8, 4) is 11.4 Å². The molecule has 9 heteroatoms. The Labute approximate surface area is 179 Å². The van der Waals surface area contributed by atoms with Crippen molar-refractivity contribution in [1.82, 2.24) is 25.1 Å². The molecule has 2 aliphatic rings. The van der Waals surface area contributed by atoms with Crippen molar-refractivity contribution in [3.63, 3.8) is 0 Å². The molecule has 8 nitrogen and oxygen atoms in total. The summed E-state index contributed by atoms with van der Waals surface area (Å²) in [5.74, 6) is 0.496. The van der Waals surface area contributed by atoms with E-state index in [1.54, 1.807) is 19.4 Å². The highest BCUT2D eigenvalue weighted by Crippen LogP contribution is 2.31. The molecule has 2 fully saturated rings. The van der Waals surface area contributed by atoms with Crippen molar-refractivity contribution in [2.24, 2.45) is 10.7 Å². The van der Waals surface area contributed by atoms with Crippen LogP contribution in [0.25, 0.3) is 27.9 Å². The van der Waals surface area contributed by atoms with Crippen molar-refractivity contribution in [1.29, 1.82) is 0 Å². The van der Waals surface area contributed by atoms with Crippen molar-refractivity contribution in [3.05, 3.63) is 42.1 Å². The number of fused-ring (bicyclic) bond motifs is 1. The zero-order valence-corrected chi connectivity index (χ0v) is 17.4. The van der Waals surface area contributed by atoms with E-state index in [9.17, 15) is 4.39 Å². The standard InChI is InChI=1S/C22H25FN8/c1-25-12-14(11-24)16-8-17-19(9-18(16)23)28-29-22(17)20-10-21(27-13-26-20)31-6-4-30(5-7-31)15-2-3-15/h8-13,15H,2-7,24H2,1H3,(H,28,29). The Kier molecular flexibility index (Phi) is 5.11. The Bertz CT molecular complexity index is 1160. The van der Waals surface area contributed by atoms with Gasteiger partial charge in [0.25, 0.3) is 0 Å². The van der Waals surface area contributed by atoms with Crippen molar-refractivity contribution in [2.45, 2.75) is 18.9 Å². The third kappa shape index (κ3) is 3.76. The number of H-pyrrole nitrogens is 1. The van der Waals surface area contributed by atoms with Gasteiger partial charge in [-0.3, -0.25) is 15.0 Å². The second-order valence-corrected chi connectivity index (χ2v) is 7.97. The summed E-state index contributed by atoms with van der Waals surface area (Å²) in [6, 6.07) is 5.91. The third-order valence-corrected chi connectivity index (χ3v) is 6.01. The van der Waals surface area contributed by atoms with Gasteiger partial charge in [0.15, 0.2) is 0 Å². The third-order valence-electron chi connectivity index (χ3n) is 6.01. The molecule has 2 aromatic heterocycles. The molecule has 0 unspecified atom stereocenters. The lowest BCUT2D eigenvalue weighted by molar-refractivity contribution is 0.247. The number of piperazine rings is 1. The fraction of sp³-hybridized carbons (Fsp3) is 0.364. The maximum atomic E-state index is 14.6. The van der Waals surface area contributed by atoms with Gasteiger partial charge in [0.1, 0.15) is 23.7 Å². The van der Waals surface area contributed by atoms with Crippen LogP contribution in [-0.2, 0) is 0 Å². The topological polar surface area (TPSA) is 99.3 Å². The first-order chi connectivity index (χ1) is 15.2. The molecule has 3 heterocycles. The highest BCUT2D eigenvalue weighted by Gasteiger charge is 2.31. The zero-order valence-electron chi connectivity index (χ0n) is 17.4. The summed E-state index contributed by atoms with van der Waals surface area (Å²) in [4.78, 5) is 17.8. The fourth-order valence-electron chi connectivity index (χ4n) is 4.20. The monoisotopic (exact) mass is 420 g/mol. The Morgan fingerprint density at radius 1 is 1.19 bits per heavy atom. The fourth-order valence-corrected chi connectivity index (χ4v) is 4.20. The molecule has 3 aromatic rings. The highest BCUT2D eigenvalue weighted by molar-refractivity contribution is 6.11. The van der Waals surface area contributed by atoms with Gasteiger partial charge in [-0.1, -0.05) is 0 Å². The minimum Gasteiger partial charge on any atom is -0.404 e. The molecular formula is C22H25FN8. The van der Waals surface area contributed by atoms with E-state index in [0.717, 1.165) is 43.4 Å². The van der Waals surface area contributed by atoms with Crippen molar-refractivity contribution in [2.75, 3.05) is 38.1 Å². The van der Waals surface area contributed by atoms with Crippen LogP contribution in [0.1, 0.15) is 18.4 Å². The van der Waals surface area contributed by atoms with E-state index in [2.05, 4.69) is 35.0 Å². The predicted octanol–water partition coefficient (Wildman–Crippen LogP) is 2.44. The molecule has 1 aliphatic heterocycles. The second-order valence-electron chi connectivity index (χ2n) is 7.97. The maximum Gasteiger partial charge on any atom is 0.133 e. The number of anilines is 1. The van der Waals surface area contributed by atoms with E-state index in [0.29, 0.717) is 28.0 Å². The van der Waals surface area contributed by atoms with Crippen LogP contribution in [0.4, 0.5) is 10.2 Å². The van der Waals surface area contributed by atoms with Crippen LogP contribution in [0.2, 0.25) is 0 Å². The number of aromatic amines is 1. The molecular weight excluding hydrogens is 395 g/mol. The first-order valence-electron chi connectivity index (χ1n) is 10.5. The van der Waals surface area contributed by atoms with Gasteiger partial charge in [0.2, 0.25) is 0 Å². The Hall–Kier alpha value is -3.33. The number of nitrogens with one attached hydrogen (secondary N) is 1. The number of aromatic nitrogens is 4. The van der Waals surface area contributed by atoms with Gasteiger partial charge < -0.3 is 10.6 Å². The predicted molar refractivity (Wildman–Crippen MR) is 120 cm³/mol. The number of halogens is 1. The smallest absolute Gasteiger partial charge is 0.133 e. The summed E-state index contributed by atoms with van der Waals surface area (Å²) in [7, 11) is 1.62. The highest BCUT2D eigenvalue weighted by atomic mass is 19.1. The number of rotatable bonds is 5. The molecule has 0 amide bonds. The van der Waals surface area contributed by atoms with Crippen molar-refractivity contribution >= 4 is 28.5 Å². The van der Waals surface area contributed by atoms with E-state index in [1.165, 1.54) is 31.3 Å². The van der Waals surface area contributed by atoms with Crippen LogP contribution in [0.3, 0.4) is 0 Å². The van der Waals surface area contributed by atoms with Gasteiger partial charge >= 0.3 is 0 Å². The molecule has 5 rings (SSSR count). The SMILES string of the molecule is CN=CC(=CN)c1cc2c(-c3cc(N4CCN(C5CC5)CC4)ncn3)n[nH]c2cc1F. The quantitative estimate of drug-likeness (QED) is 0.615. The number of hydrogen-bond donors (Lipinski definition) is 2. The first-order valence-corrected chi connectivity index (χ1v) is 10.5. The van der Waals surface area contributed by atoms with Gasteiger partial charge in [-0.2, -0.15) is 5.10 Å². The maximum absolute atomic E-state index is 14.6. The first kappa shape index (κ1) is 19.6. The Morgan fingerprint density at radius 3 is 2.71 bits per heavy atom. The lowest BCUT2D eigenvalue weighted by Crippen LogP contribution is -2.47. The lowest BCUT2D eigenvalue weighted by Gasteiger charge is -2.35. The largest absolute Gasteiger partial charge is 0.404 e. The van der Waals surface area contributed by atoms with Crippen LogP contribution in [0.15, 0.2) is 35.7 Å². The molecule has 1 aliphatic carbocycles. The van der Waals surface area contributed by atoms with Gasteiger partial charge in [0.05, 0.1) is 11.2 Å². The molecule has 1 aromatic carbocycles. The molecule has 0 spiro atoms. The summed E-state index contributed by atoms with van der Waals surface area (Å²) in [5, 5.41) is 8.10. The Morgan fingerprint density at radius 2 is 2.00 bits per heavy atom. The number of aliphatic imine (C=N–C) groups is 1. The van der Waals surface area contributed by atoms with E-state index in [1.807, 2.05) is 6.07 Å². The van der Waals surface area contributed by atoms with E-state index in [4.69, 9.17) is 5.73 Å². The van der Waals surface area contributed by atoms with Crippen molar-refractivity contribution < 1.29 is 4.39 Å². The van der Waals surface area contributed by atoms with E-state index in [-0.39, 0.29) is 0 Å². The molecule has 1 saturated heterocycles. The molecule has 1 saturated carbocycles. The van der Waals surface area contributed by atoms with E-state index < -0.39 is 5.82 Å². The zero-order chi connectivity index (χ0) is 21.4.